The van der Waals surface area contributed by atoms with Gasteiger partial charge in [-0.05, 0) is 102 Å². The number of benzene rings is 5. The van der Waals surface area contributed by atoms with Crippen molar-refractivity contribution < 1.29 is 0 Å². The van der Waals surface area contributed by atoms with E-state index in [0.29, 0.717) is 0 Å². The van der Waals surface area contributed by atoms with E-state index < -0.39 is 0 Å². The zero-order valence-electron chi connectivity index (χ0n) is 17.0. The zero-order valence-corrected chi connectivity index (χ0v) is 19.2. The normalized spacial score (nSPS) is 14.1. The molecule has 30 heavy (non-hydrogen) atoms. The Morgan fingerprint density at radius 2 is 1.33 bits per heavy atom. The molecule has 0 amide bonds. The first-order valence-corrected chi connectivity index (χ1v) is 11.5. The molecule has 0 heterocycles. The molecule has 0 N–H and O–H groups in total. The second-order valence-corrected chi connectivity index (χ2v) is 10.0. The Morgan fingerprint density at radius 1 is 0.600 bits per heavy atom. The number of fused-ring (bicyclic) bond motifs is 6. The first kappa shape index (κ1) is 18.1. The van der Waals surface area contributed by atoms with Gasteiger partial charge in [0.05, 0.1) is 0 Å². The van der Waals surface area contributed by atoms with Gasteiger partial charge in [-0.15, -0.1) is 0 Å². The summed E-state index contributed by atoms with van der Waals surface area (Å²) >= 11 is 2.39. The summed E-state index contributed by atoms with van der Waals surface area (Å²) in [4.78, 5) is 0. The third kappa shape index (κ3) is 2.58. The maximum absolute atomic E-state index is 2.42. The predicted octanol–water partition coefficient (Wildman–Crippen LogP) is 8.57. The van der Waals surface area contributed by atoms with Crippen molar-refractivity contribution in [3.63, 3.8) is 0 Å². The molecule has 0 aromatic heterocycles. The Morgan fingerprint density at radius 3 is 2.23 bits per heavy atom. The lowest BCUT2D eigenvalue weighted by Gasteiger charge is -2.22. The summed E-state index contributed by atoms with van der Waals surface area (Å²) < 4.78 is 1.27. The van der Waals surface area contributed by atoms with Crippen molar-refractivity contribution in [2.75, 3.05) is 0 Å². The van der Waals surface area contributed by atoms with Gasteiger partial charge in [-0.1, -0.05) is 80.6 Å². The molecular formula is C29H21I. The van der Waals surface area contributed by atoms with E-state index in [9.17, 15) is 0 Å². The van der Waals surface area contributed by atoms with Crippen LogP contribution in [0.25, 0.3) is 43.8 Å². The fourth-order valence-electron chi connectivity index (χ4n) is 5.08. The highest BCUT2D eigenvalue weighted by Crippen LogP contribution is 2.52. The van der Waals surface area contributed by atoms with Crippen LogP contribution in [0.2, 0.25) is 0 Å². The first-order valence-electron chi connectivity index (χ1n) is 10.4. The van der Waals surface area contributed by atoms with E-state index in [-0.39, 0.29) is 5.41 Å². The Hall–Kier alpha value is -2.65. The van der Waals surface area contributed by atoms with E-state index in [2.05, 4.69) is 127 Å². The first-order chi connectivity index (χ1) is 14.5. The lowest BCUT2D eigenvalue weighted by atomic mass is 9.81. The molecule has 0 atom stereocenters. The van der Waals surface area contributed by atoms with Crippen LogP contribution in [0.3, 0.4) is 0 Å². The highest BCUT2D eigenvalue weighted by molar-refractivity contribution is 14.1. The van der Waals surface area contributed by atoms with Crippen LogP contribution in [0.5, 0.6) is 0 Å². The van der Waals surface area contributed by atoms with Crippen molar-refractivity contribution in [1.29, 1.82) is 0 Å². The lowest BCUT2D eigenvalue weighted by molar-refractivity contribution is 0.661. The van der Waals surface area contributed by atoms with Crippen LogP contribution in [0.4, 0.5) is 0 Å². The summed E-state index contributed by atoms with van der Waals surface area (Å²) in [6.45, 7) is 4.72. The van der Waals surface area contributed by atoms with Gasteiger partial charge in [0.15, 0.2) is 0 Å². The molecule has 0 aliphatic heterocycles. The highest BCUT2D eigenvalue weighted by Gasteiger charge is 2.36. The minimum atomic E-state index is -0.00304. The van der Waals surface area contributed by atoms with Crippen molar-refractivity contribution in [1.82, 2.24) is 0 Å². The average Bonchev–Trinajstić information content (AvgIpc) is 3.00. The van der Waals surface area contributed by atoms with Crippen LogP contribution in [-0.2, 0) is 5.41 Å². The van der Waals surface area contributed by atoms with E-state index in [1.54, 1.807) is 0 Å². The van der Waals surface area contributed by atoms with Crippen LogP contribution in [0.15, 0.2) is 91.0 Å². The Kier molecular flexibility index (Phi) is 3.88. The molecule has 0 radical (unpaired) electrons. The molecule has 1 aliphatic carbocycles. The molecule has 5 aromatic rings. The molecule has 0 nitrogen and oxygen atoms in total. The van der Waals surface area contributed by atoms with Crippen molar-refractivity contribution in [2.24, 2.45) is 0 Å². The minimum absolute atomic E-state index is 0.00304. The maximum Gasteiger partial charge on any atom is 0.0159 e. The monoisotopic (exact) mass is 496 g/mol. The second-order valence-electron chi connectivity index (χ2n) is 8.80. The molecular weight excluding hydrogens is 475 g/mol. The van der Waals surface area contributed by atoms with Gasteiger partial charge in [0.1, 0.15) is 0 Å². The number of hydrogen-bond donors (Lipinski definition) is 0. The minimum Gasteiger partial charge on any atom is -0.0616 e. The Balaban J connectivity index is 1.57. The van der Waals surface area contributed by atoms with Crippen LogP contribution in [0.1, 0.15) is 25.0 Å². The molecule has 0 bridgehead atoms. The fourth-order valence-corrected chi connectivity index (χ4v) is 5.60. The van der Waals surface area contributed by atoms with Crippen molar-refractivity contribution >= 4 is 44.1 Å². The van der Waals surface area contributed by atoms with E-state index in [4.69, 9.17) is 0 Å². The van der Waals surface area contributed by atoms with Gasteiger partial charge < -0.3 is 0 Å². The molecule has 0 saturated carbocycles. The van der Waals surface area contributed by atoms with E-state index in [1.807, 2.05) is 0 Å². The summed E-state index contributed by atoms with van der Waals surface area (Å²) in [6, 6.07) is 33.8. The molecule has 1 aliphatic rings. The number of halogens is 1. The van der Waals surface area contributed by atoms with Gasteiger partial charge in [0.2, 0.25) is 0 Å². The molecule has 0 spiro atoms. The number of rotatable bonds is 1. The lowest BCUT2D eigenvalue weighted by Crippen LogP contribution is -2.15. The topological polar surface area (TPSA) is 0 Å². The van der Waals surface area contributed by atoms with Gasteiger partial charge in [0.25, 0.3) is 0 Å². The highest BCUT2D eigenvalue weighted by atomic mass is 127. The maximum atomic E-state index is 2.42. The smallest absolute Gasteiger partial charge is 0.0159 e. The van der Waals surface area contributed by atoms with Crippen LogP contribution in [-0.4, -0.2) is 0 Å². The molecule has 0 saturated heterocycles. The van der Waals surface area contributed by atoms with Gasteiger partial charge in [-0.25, -0.2) is 0 Å². The standard InChI is InChI=1S/C29H21I/c1-29(2)26-14-11-19-5-3-4-6-24(19)28(26)25-13-10-21(17-27(25)29)20-8-7-18-9-12-23(30)16-22(18)15-20/h3-17H,1-2H3. The van der Waals surface area contributed by atoms with Crippen LogP contribution >= 0.6 is 22.6 Å². The van der Waals surface area contributed by atoms with Crippen LogP contribution in [0, 0.1) is 3.57 Å². The Labute approximate surface area is 190 Å². The third-order valence-electron chi connectivity index (χ3n) is 6.70. The summed E-state index contributed by atoms with van der Waals surface area (Å²) in [5.74, 6) is 0. The third-order valence-corrected chi connectivity index (χ3v) is 7.37. The predicted molar refractivity (Wildman–Crippen MR) is 137 cm³/mol. The molecule has 144 valence electrons. The van der Waals surface area contributed by atoms with Crippen molar-refractivity contribution in [2.45, 2.75) is 19.3 Å². The van der Waals surface area contributed by atoms with Gasteiger partial charge >= 0.3 is 0 Å². The van der Waals surface area contributed by atoms with Crippen LogP contribution < -0.4 is 0 Å². The molecule has 1 heteroatoms. The van der Waals surface area contributed by atoms with E-state index >= 15 is 0 Å². The fraction of sp³-hybridized carbons (Fsp3) is 0.103. The Bertz CT molecular complexity index is 1470. The summed E-state index contributed by atoms with van der Waals surface area (Å²) in [5.41, 5.74) is 8.22. The second kappa shape index (κ2) is 6.42. The summed E-state index contributed by atoms with van der Waals surface area (Å²) in [7, 11) is 0. The molecule has 5 aromatic carbocycles. The van der Waals surface area contributed by atoms with Gasteiger partial charge in [0, 0.05) is 8.99 Å². The van der Waals surface area contributed by atoms with E-state index in [0.717, 1.165) is 0 Å². The molecule has 0 fully saturated rings. The quantitative estimate of drug-likeness (QED) is 0.204. The molecule has 0 unspecified atom stereocenters. The van der Waals surface area contributed by atoms with Crippen molar-refractivity contribution in [3.8, 4) is 22.3 Å². The van der Waals surface area contributed by atoms with E-state index in [1.165, 1.54) is 58.5 Å². The summed E-state index contributed by atoms with van der Waals surface area (Å²) in [6.07, 6.45) is 0. The van der Waals surface area contributed by atoms with Gasteiger partial charge in [-0.3, -0.25) is 0 Å². The average molecular weight is 496 g/mol. The SMILES string of the molecule is CC1(C)c2cc(-c3ccc4ccc(I)cc4c3)ccc2-c2c1ccc1ccccc21. The number of hydrogen-bond acceptors (Lipinski definition) is 0. The largest absolute Gasteiger partial charge is 0.0616 e. The molecule has 6 rings (SSSR count). The van der Waals surface area contributed by atoms with Gasteiger partial charge in [-0.2, -0.15) is 0 Å². The summed E-state index contributed by atoms with van der Waals surface area (Å²) in [5, 5.41) is 5.26. The van der Waals surface area contributed by atoms with Crippen molar-refractivity contribution in [3.05, 3.63) is 106 Å². The zero-order chi connectivity index (χ0) is 20.5.